The van der Waals surface area contributed by atoms with Crippen molar-refractivity contribution >= 4 is 106 Å². The van der Waals surface area contributed by atoms with Crippen LogP contribution in [0.4, 0.5) is 5.69 Å². The zero-order valence-electron chi connectivity index (χ0n) is 11.4. The molecule has 7 N–H and O–H groups in total. The van der Waals surface area contributed by atoms with E-state index in [1.165, 1.54) is 0 Å². The van der Waals surface area contributed by atoms with Gasteiger partial charge in [-0.05, 0) is 29.7 Å². The molecule has 26 heavy (non-hydrogen) atoms. The van der Waals surface area contributed by atoms with Crippen LogP contribution in [-0.4, -0.2) is 104 Å². The van der Waals surface area contributed by atoms with Gasteiger partial charge in [0.25, 0.3) is 30.4 Å². The molecule has 2 rings (SSSR count). The summed E-state index contributed by atoms with van der Waals surface area (Å²) in [5, 5.41) is -0.715. The van der Waals surface area contributed by atoms with Crippen LogP contribution in [-0.2, 0) is 30.4 Å². The van der Waals surface area contributed by atoms with E-state index in [0.717, 1.165) is 18.2 Å². The number of nitrogen functional groups attached to an aromatic ring is 1. The minimum atomic E-state index is -4.95. The van der Waals surface area contributed by atoms with Crippen LogP contribution in [0.1, 0.15) is 0 Å². The first-order chi connectivity index (χ1) is 10.2. The van der Waals surface area contributed by atoms with Gasteiger partial charge < -0.3 is 11.2 Å². The summed E-state index contributed by atoms with van der Waals surface area (Å²) in [5.41, 5.74) is 5.09. The molecule has 0 atom stereocenters. The van der Waals surface area contributed by atoms with Crippen molar-refractivity contribution in [2.75, 3.05) is 5.73 Å². The molecule has 0 radical (unpaired) electrons. The van der Waals surface area contributed by atoms with Crippen molar-refractivity contribution in [1.82, 2.24) is 0 Å². The second-order valence-electron chi connectivity index (χ2n) is 4.46. The molecule has 0 amide bonds. The molecule has 0 saturated carbocycles. The van der Waals surface area contributed by atoms with Gasteiger partial charge in [-0.2, -0.15) is 25.3 Å². The summed E-state index contributed by atoms with van der Waals surface area (Å²) in [6.07, 6.45) is 0. The van der Waals surface area contributed by atoms with Gasteiger partial charge in [-0.15, -0.1) is 0 Å². The molecule has 0 saturated heterocycles. The first-order valence-electron chi connectivity index (χ1n) is 5.51. The average Bonchev–Trinajstić information content (AvgIpc) is 2.33. The van der Waals surface area contributed by atoms with E-state index in [4.69, 9.17) is 14.8 Å². The Morgan fingerprint density at radius 1 is 0.692 bits per heavy atom. The Labute approximate surface area is 193 Å². The number of fused-ring (bicyclic) bond motifs is 1. The molecule has 11 nitrogen and oxygen atoms in total. The molecular weight excluding hydrogens is 436 g/mol. The summed E-state index contributed by atoms with van der Waals surface area (Å²) in [5.74, 6) is 0. The topological polar surface area (TPSA) is 221 Å². The van der Waals surface area contributed by atoms with E-state index in [9.17, 15) is 29.8 Å². The molecular formula is C10H13NNa2O10S3. The number of nitrogens with two attached hydrogens (primary N) is 1. The zero-order chi connectivity index (χ0) is 17.8. The number of rotatable bonds is 3. The van der Waals surface area contributed by atoms with Crippen LogP contribution in [0.25, 0.3) is 10.8 Å². The summed E-state index contributed by atoms with van der Waals surface area (Å²) < 4.78 is 94.8. The quantitative estimate of drug-likeness (QED) is 0.230. The molecule has 0 aliphatic heterocycles. The predicted molar refractivity (Wildman–Crippen MR) is 95.7 cm³/mol. The Balaban J connectivity index is 0. The first-order valence-corrected chi connectivity index (χ1v) is 9.83. The van der Waals surface area contributed by atoms with Gasteiger partial charge >= 0.3 is 59.1 Å². The summed E-state index contributed by atoms with van der Waals surface area (Å²) >= 11 is 0. The Bertz CT molecular complexity index is 1140. The summed E-state index contributed by atoms with van der Waals surface area (Å²) in [6, 6.07) is 2.69. The molecule has 0 aromatic heterocycles. The Morgan fingerprint density at radius 3 is 1.42 bits per heavy atom. The molecule has 0 heterocycles. The van der Waals surface area contributed by atoms with E-state index in [1.807, 2.05) is 0 Å². The van der Waals surface area contributed by atoms with Crippen molar-refractivity contribution in [2.45, 2.75) is 14.7 Å². The minimum absolute atomic E-state index is 0. The SMILES string of the molecule is Nc1cc(S(=O)(=O)O)cc2cc(S(=O)(=O)O)cc(S(=O)(=O)O)c12.O.[NaH].[NaH]. The molecule has 2 aromatic carbocycles. The molecule has 16 heteroatoms. The fourth-order valence-electron chi connectivity index (χ4n) is 1.96. The predicted octanol–water partition coefficient (Wildman–Crippen LogP) is -1.96. The third kappa shape index (κ3) is 6.10. The fourth-order valence-corrected chi connectivity index (χ4v) is 3.89. The van der Waals surface area contributed by atoms with Gasteiger partial charge in [-0.25, -0.2) is 0 Å². The van der Waals surface area contributed by atoms with Crippen molar-refractivity contribution < 1.29 is 44.4 Å². The van der Waals surface area contributed by atoms with Crippen molar-refractivity contribution in [1.29, 1.82) is 0 Å². The zero-order valence-corrected chi connectivity index (χ0v) is 13.9. The third-order valence-electron chi connectivity index (χ3n) is 2.86. The second-order valence-corrected chi connectivity index (χ2v) is 8.69. The maximum absolute atomic E-state index is 11.4. The summed E-state index contributed by atoms with van der Waals surface area (Å²) in [7, 11) is -14.5. The van der Waals surface area contributed by atoms with E-state index >= 15 is 0 Å². The van der Waals surface area contributed by atoms with Crippen LogP contribution in [0.3, 0.4) is 0 Å². The van der Waals surface area contributed by atoms with Gasteiger partial charge in [0.2, 0.25) is 0 Å². The van der Waals surface area contributed by atoms with Crippen molar-refractivity contribution in [3.8, 4) is 0 Å². The third-order valence-corrected chi connectivity index (χ3v) is 5.40. The Kier molecular flexibility index (Phi) is 9.97. The molecule has 0 bridgehead atoms. The van der Waals surface area contributed by atoms with E-state index in [-0.39, 0.29) is 75.4 Å². The molecule has 2 aromatic rings. The molecule has 0 aliphatic rings. The normalized spacial score (nSPS) is 11.8. The Hall–Kier alpha value is 0.190. The second kappa shape index (κ2) is 9.13. The van der Waals surface area contributed by atoms with Crippen molar-refractivity contribution in [3.05, 3.63) is 24.3 Å². The van der Waals surface area contributed by atoms with Gasteiger partial charge in [-0.3, -0.25) is 13.7 Å². The van der Waals surface area contributed by atoms with Crippen LogP contribution >= 0.6 is 0 Å². The van der Waals surface area contributed by atoms with E-state index in [1.54, 1.807) is 0 Å². The number of anilines is 1. The van der Waals surface area contributed by atoms with Gasteiger partial charge in [0.15, 0.2) is 0 Å². The van der Waals surface area contributed by atoms with Crippen LogP contribution in [0.15, 0.2) is 39.0 Å². The van der Waals surface area contributed by atoms with Crippen LogP contribution < -0.4 is 5.73 Å². The Morgan fingerprint density at radius 2 is 1.08 bits per heavy atom. The van der Waals surface area contributed by atoms with Gasteiger partial charge in [0.1, 0.15) is 4.90 Å². The van der Waals surface area contributed by atoms with Crippen LogP contribution in [0.5, 0.6) is 0 Å². The van der Waals surface area contributed by atoms with Gasteiger partial charge in [0, 0.05) is 11.1 Å². The summed E-state index contributed by atoms with van der Waals surface area (Å²) in [6.45, 7) is 0. The first kappa shape index (κ1) is 28.4. The summed E-state index contributed by atoms with van der Waals surface area (Å²) in [4.78, 5) is -2.58. The van der Waals surface area contributed by atoms with Crippen molar-refractivity contribution in [2.24, 2.45) is 0 Å². The molecule has 0 fully saturated rings. The van der Waals surface area contributed by atoms with E-state index in [2.05, 4.69) is 0 Å². The van der Waals surface area contributed by atoms with E-state index < -0.39 is 50.7 Å². The van der Waals surface area contributed by atoms with Crippen molar-refractivity contribution in [3.63, 3.8) is 0 Å². The molecule has 0 aliphatic carbocycles. The average molecular weight is 449 g/mol. The van der Waals surface area contributed by atoms with Crippen LogP contribution in [0, 0.1) is 0 Å². The molecule has 0 spiro atoms. The van der Waals surface area contributed by atoms with E-state index in [0.29, 0.717) is 6.07 Å². The molecule has 138 valence electrons. The number of hydrogen-bond donors (Lipinski definition) is 4. The molecule has 0 unspecified atom stereocenters. The van der Waals surface area contributed by atoms with Gasteiger partial charge in [-0.1, -0.05) is 0 Å². The maximum atomic E-state index is 11.4. The number of hydrogen-bond acceptors (Lipinski definition) is 7. The number of benzene rings is 2. The fraction of sp³-hybridized carbons (Fsp3) is 0. The monoisotopic (exact) mass is 449 g/mol. The van der Waals surface area contributed by atoms with Gasteiger partial charge in [0.05, 0.1) is 9.79 Å². The van der Waals surface area contributed by atoms with Crippen LogP contribution in [0.2, 0.25) is 0 Å². The standard InChI is InChI=1S/C10H9NO9S3.2Na.H2O.2H/c11-8-3-6(21(12,13)14)1-5-2-7(22(15,16)17)4-9(10(5)8)23(18,19)20;;;;;/h1-4H,11H2,(H,12,13,14)(H,15,16,17)(H,18,19,20);;;1H2;;.